The van der Waals surface area contributed by atoms with Crippen molar-refractivity contribution in [1.82, 2.24) is 5.32 Å². The number of methoxy groups -OCH3 is 1. The van der Waals surface area contributed by atoms with Crippen LogP contribution in [0.4, 0.5) is 5.69 Å². The highest BCUT2D eigenvalue weighted by Gasteiger charge is 2.14. The molecule has 21 heavy (non-hydrogen) atoms. The summed E-state index contributed by atoms with van der Waals surface area (Å²) in [6, 6.07) is 7.06. The molecule has 2 amide bonds. The van der Waals surface area contributed by atoms with E-state index < -0.39 is 0 Å². The largest absolute Gasteiger partial charge is 0.497 e. The molecule has 0 saturated heterocycles. The van der Waals surface area contributed by atoms with Gasteiger partial charge in [-0.1, -0.05) is 0 Å². The van der Waals surface area contributed by atoms with Crippen molar-refractivity contribution in [2.75, 3.05) is 31.3 Å². The number of nitrogens with two attached hydrogens (primary N) is 1. The molecule has 1 rings (SSSR count). The summed E-state index contributed by atoms with van der Waals surface area (Å²) in [4.78, 5) is 23.4. The molecule has 1 aromatic rings. The number of nitrogens with one attached hydrogen (secondary N) is 2. The highest BCUT2D eigenvalue weighted by Crippen LogP contribution is 2.16. The smallest absolute Gasteiger partial charge is 0.234 e. The Kier molecular flexibility index (Phi) is 7.63. The summed E-state index contributed by atoms with van der Waals surface area (Å²) in [5.41, 5.74) is 6.01. The second-order valence-electron chi connectivity index (χ2n) is 4.31. The molecule has 1 unspecified atom stereocenters. The third-order valence-corrected chi connectivity index (χ3v) is 3.79. The van der Waals surface area contributed by atoms with Crippen molar-refractivity contribution in [3.8, 4) is 5.75 Å². The molecule has 0 spiro atoms. The monoisotopic (exact) mass is 311 g/mol. The first-order valence-corrected chi connectivity index (χ1v) is 7.65. The molecule has 0 aromatic heterocycles. The highest BCUT2D eigenvalue weighted by molar-refractivity contribution is 8.01. The van der Waals surface area contributed by atoms with Crippen molar-refractivity contribution in [2.24, 2.45) is 5.73 Å². The van der Waals surface area contributed by atoms with Gasteiger partial charge >= 0.3 is 0 Å². The number of carbonyl (C=O) groups is 2. The molecule has 0 radical (unpaired) electrons. The zero-order valence-corrected chi connectivity index (χ0v) is 13.0. The van der Waals surface area contributed by atoms with Gasteiger partial charge < -0.3 is 21.1 Å². The Morgan fingerprint density at radius 2 is 2.00 bits per heavy atom. The van der Waals surface area contributed by atoms with Gasteiger partial charge in [0.2, 0.25) is 11.8 Å². The molecule has 7 heteroatoms. The maximum absolute atomic E-state index is 11.8. The molecule has 1 atom stereocenters. The first-order valence-electron chi connectivity index (χ1n) is 6.60. The molecule has 0 aliphatic heterocycles. The SMILES string of the molecule is COc1ccc(NC(=O)CSC(C)C(=O)NCCN)cc1. The summed E-state index contributed by atoms with van der Waals surface area (Å²) >= 11 is 1.28. The van der Waals surface area contributed by atoms with Crippen molar-refractivity contribution < 1.29 is 14.3 Å². The van der Waals surface area contributed by atoms with Crippen molar-refractivity contribution in [3.05, 3.63) is 24.3 Å². The van der Waals surface area contributed by atoms with Crippen LogP contribution in [0.15, 0.2) is 24.3 Å². The minimum Gasteiger partial charge on any atom is -0.497 e. The van der Waals surface area contributed by atoms with Gasteiger partial charge in [0.25, 0.3) is 0 Å². The average molecular weight is 311 g/mol. The van der Waals surface area contributed by atoms with Crippen LogP contribution >= 0.6 is 11.8 Å². The van der Waals surface area contributed by atoms with Gasteiger partial charge in [-0.2, -0.15) is 0 Å². The van der Waals surface area contributed by atoms with Crippen molar-refractivity contribution in [3.63, 3.8) is 0 Å². The Bertz CT molecular complexity index is 465. The molecule has 0 fully saturated rings. The lowest BCUT2D eigenvalue weighted by molar-refractivity contribution is -0.120. The second kappa shape index (κ2) is 9.25. The summed E-state index contributed by atoms with van der Waals surface area (Å²) in [6.45, 7) is 2.61. The predicted molar refractivity (Wildman–Crippen MR) is 85.6 cm³/mol. The van der Waals surface area contributed by atoms with Gasteiger partial charge in [-0.05, 0) is 31.2 Å². The summed E-state index contributed by atoms with van der Waals surface area (Å²) in [6.07, 6.45) is 0. The van der Waals surface area contributed by atoms with Crippen LogP contribution in [0.25, 0.3) is 0 Å². The van der Waals surface area contributed by atoms with Crippen LogP contribution in [0, 0.1) is 0 Å². The van der Waals surface area contributed by atoms with Crippen LogP contribution in [0.2, 0.25) is 0 Å². The van der Waals surface area contributed by atoms with E-state index >= 15 is 0 Å². The zero-order valence-electron chi connectivity index (χ0n) is 12.2. The van der Waals surface area contributed by atoms with E-state index in [1.54, 1.807) is 38.3 Å². The van der Waals surface area contributed by atoms with Gasteiger partial charge in [0, 0.05) is 18.8 Å². The summed E-state index contributed by atoms with van der Waals surface area (Å²) < 4.78 is 5.04. The topological polar surface area (TPSA) is 93.4 Å². The Labute approximate surface area is 128 Å². The van der Waals surface area contributed by atoms with Crippen molar-refractivity contribution in [1.29, 1.82) is 0 Å². The van der Waals surface area contributed by atoms with Gasteiger partial charge in [0.05, 0.1) is 18.1 Å². The third kappa shape index (κ3) is 6.50. The lowest BCUT2D eigenvalue weighted by atomic mass is 10.3. The van der Waals surface area contributed by atoms with E-state index in [1.807, 2.05) is 0 Å². The maximum Gasteiger partial charge on any atom is 0.234 e. The van der Waals surface area contributed by atoms with E-state index in [-0.39, 0.29) is 22.8 Å². The Hall–Kier alpha value is -1.73. The minimum absolute atomic E-state index is 0.109. The minimum atomic E-state index is -0.293. The number of rotatable bonds is 8. The molecule has 0 aliphatic rings. The van der Waals surface area contributed by atoms with Crippen molar-refractivity contribution >= 4 is 29.3 Å². The van der Waals surface area contributed by atoms with Gasteiger partial charge in [0.1, 0.15) is 5.75 Å². The molecule has 0 aliphatic carbocycles. The molecule has 0 bridgehead atoms. The number of amides is 2. The fraction of sp³-hybridized carbons (Fsp3) is 0.429. The van der Waals surface area contributed by atoms with Gasteiger partial charge in [-0.25, -0.2) is 0 Å². The molecule has 1 aromatic carbocycles. The Morgan fingerprint density at radius 3 is 2.57 bits per heavy atom. The zero-order chi connectivity index (χ0) is 15.7. The normalized spacial score (nSPS) is 11.6. The number of ether oxygens (including phenoxy) is 1. The first kappa shape index (κ1) is 17.3. The summed E-state index contributed by atoms with van der Waals surface area (Å²) in [5, 5.41) is 5.16. The van der Waals surface area contributed by atoms with E-state index in [4.69, 9.17) is 10.5 Å². The van der Waals surface area contributed by atoms with Crippen LogP contribution in [0.5, 0.6) is 5.75 Å². The number of hydrogen-bond donors (Lipinski definition) is 3. The lowest BCUT2D eigenvalue weighted by Gasteiger charge is -2.11. The summed E-state index contributed by atoms with van der Waals surface area (Å²) in [5.74, 6) is 0.683. The quantitative estimate of drug-likeness (QED) is 0.661. The Balaban J connectivity index is 2.34. The first-order chi connectivity index (χ1) is 10.1. The molecule has 4 N–H and O–H groups in total. The molecule has 0 saturated carbocycles. The molecular formula is C14H21N3O3S. The predicted octanol–water partition coefficient (Wildman–Crippen LogP) is 0.830. The van der Waals surface area contributed by atoms with Gasteiger partial charge in [-0.15, -0.1) is 11.8 Å². The van der Waals surface area contributed by atoms with Crippen LogP contribution in [0.1, 0.15) is 6.92 Å². The van der Waals surface area contributed by atoms with E-state index in [1.165, 1.54) is 11.8 Å². The molecule has 0 heterocycles. The molecular weight excluding hydrogens is 290 g/mol. The average Bonchev–Trinajstić information content (AvgIpc) is 2.50. The van der Waals surface area contributed by atoms with E-state index in [0.717, 1.165) is 5.75 Å². The number of carbonyl (C=O) groups excluding carboxylic acids is 2. The van der Waals surface area contributed by atoms with Gasteiger partial charge in [-0.3, -0.25) is 9.59 Å². The molecule has 116 valence electrons. The van der Waals surface area contributed by atoms with Crippen LogP contribution in [-0.2, 0) is 9.59 Å². The maximum atomic E-state index is 11.8. The van der Waals surface area contributed by atoms with E-state index in [0.29, 0.717) is 18.8 Å². The fourth-order valence-corrected chi connectivity index (χ4v) is 2.20. The van der Waals surface area contributed by atoms with Crippen LogP contribution in [0.3, 0.4) is 0 Å². The fourth-order valence-electron chi connectivity index (χ4n) is 1.49. The van der Waals surface area contributed by atoms with Crippen LogP contribution in [-0.4, -0.2) is 43.0 Å². The summed E-state index contributed by atoms with van der Waals surface area (Å²) in [7, 11) is 1.58. The van der Waals surface area contributed by atoms with Crippen LogP contribution < -0.4 is 21.1 Å². The number of hydrogen-bond acceptors (Lipinski definition) is 5. The lowest BCUT2D eigenvalue weighted by Crippen LogP contribution is -2.35. The van der Waals surface area contributed by atoms with Gasteiger partial charge in [0.15, 0.2) is 0 Å². The second-order valence-corrected chi connectivity index (χ2v) is 5.64. The number of anilines is 1. The Morgan fingerprint density at radius 1 is 1.33 bits per heavy atom. The highest BCUT2D eigenvalue weighted by atomic mass is 32.2. The standard InChI is InChI=1S/C14H21N3O3S/c1-10(14(19)16-8-7-15)21-9-13(18)17-11-3-5-12(20-2)6-4-11/h3-6,10H,7-9,15H2,1-2H3,(H,16,19)(H,17,18). The third-order valence-electron chi connectivity index (χ3n) is 2.65. The van der Waals surface area contributed by atoms with E-state index in [2.05, 4.69) is 10.6 Å². The molecule has 6 nitrogen and oxygen atoms in total. The van der Waals surface area contributed by atoms with E-state index in [9.17, 15) is 9.59 Å². The van der Waals surface area contributed by atoms with Crippen molar-refractivity contribution in [2.45, 2.75) is 12.2 Å². The number of thioether (sulfide) groups is 1. The number of benzene rings is 1.